The van der Waals surface area contributed by atoms with Crippen molar-refractivity contribution in [3.63, 3.8) is 0 Å². The molecule has 41 heavy (non-hydrogen) atoms. The number of anilines is 2. The van der Waals surface area contributed by atoms with Gasteiger partial charge in [-0.2, -0.15) is 13.2 Å². The van der Waals surface area contributed by atoms with Crippen LogP contribution < -0.4 is 5.32 Å². The number of aromatic nitrogens is 2. The summed E-state index contributed by atoms with van der Waals surface area (Å²) in [4.78, 5) is 23.8. The monoisotopic (exact) mass is 609 g/mol. The number of rotatable bonds is 6. The fraction of sp³-hybridized carbons (Fsp3) is 0.444. The molecule has 0 spiro atoms. The van der Waals surface area contributed by atoms with Crippen LogP contribution in [0.3, 0.4) is 0 Å². The summed E-state index contributed by atoms with van der Waals surface area (Å²) < 4.78 is 80.8. The molecular formula is C27H27F4N5O3S2. The highest BCUT2D eigenvalue weighted by molar-refractivity contribution is 7.91. The minimum atomic E-state index is -4.81. The third-order valence-electron chi connectivity index (χ3n) is 7.72. The molecule has 0 radical (unpaired) electrons. The van der Waals surface area contributed by atoms with E-state index < -0.39 is 39.9 Å². The average Bonchev–Trinajstić information content (AvgIpc) is 3.68. The Morgan fingerprint density at radius 1 is 1.15 bits per heavy atom. The Morgan fingerprint density at radius 2 is 1.93 bits per heavy atom. The van der Waals surface area contributed by atoms with Crippen LogP contribution in [-0.4, -0.2) is 73.2 Å². The van der Waals surface area contributed by atoms with Gasteiger partial charge in [0.25, 0.3) is 5.91 Å². The third kappa shape index (κ3) is 5.44. The minimum absolute atomic E-state index is 0.00867. The van der Waals surface area contributed by atoms with Gasteiger partial charge >= 0.3 is 6.18 Å². The van der Waals surface area contributed by atoms with Gasteiger partial charge < -0.3 is 10.2 Å². The molecule has 1 amide bonds. The van der Waals surface area contributed by atoms with E-state index >= 15 is 0 Å². The molecule has 218 valence electrons. The van der Waals surface area contributed by atoms with E-state index in [9.17, 15) is 30.8 Å². The van der Waals surface area contributed by atoms with Gasteiger partial charge in [-0.15, -0.1) is 11.3 Å². The van der Waals surface area contributed by atoms with Gasteiger partial charge in [-0.05, 0) is 54.0 Å². The van der Waals surface area contributed by atoms with Gasteiger partial charge in [0.2, 0.25) is 5.95 Å². The van der Waals surface area contributed by atoms with Crippen LogP contribution in [0.1, 0.15) is 50.7 Å². The average molecular weight is 610 g/mol. The van der Waals surface area contributed by atoms with Crippen molar-refractivity contribution in [2.24, 2.45) is 0 Å². The maximum absolute atomic E-state index is 14.1. The van der Waals surface area contributed by atoms with E-state index in [0.717, 1.165) is 35.6 Å². The van der Waals surface area contributed by atoms with Crippen LogP contribution in [0.4, 0.5) is 29.2 Å². The molecule has 1 saturated carbocycles. The van der Waals surface area contributed by atoms with E-state index in [1.165, 1.54) is 11.9 Å². The van der Waals surface area contributed by atoms with Crippen LogP contribution in [0.2, 0.25) is 0 Å². The quantitative estimate of drug-likeness (QED) is 0.392. The van der Waals surface area contributed by atoms with Crippen molar-refractivity contribution in [2.75, 3.05) is 44.4 Å². The molecule has 0 bridgehead atoms. The number of nitrogens with zero attached hydrogens (tertiary/aromatic N) is 4. The van der Waals surface area contributed by atoms with Gasteiger partial charge in [0.15, 0.2) is 9.84 Å². The van der Waals surface area contributed by atoms with E-state index in [0.29, 0.717) is 55.2 Å². The first kappa shape index (κ1) is 28.0. The number of sulfone groups is 1. The van der Waals surface area contributed by atoms with E-state index in [1.807, 2.05) is 6.07 Å². The Hall–Kier alpha value is -3.10. The number of carbonyl (C=O) groups is 1. The molecule has 0 unspecified atom stereocenters. The second kappa shape index (κ2) is 10.3. The first-order chi connectivity index (χ1) is 19.4. The zero-order valence-corrected chi connectivity index (χ0v) is 23.7. The summed E-state index contributed by atoms with van der Waals surface area (Å²) in [6.45, 7) is 1.29. The number of alkyl halides is 4. The lowest BCUT2D eigenvalue weighted by atomic mass is 9.94. The molecule has 8 nitrogen and oxygen atoms in total. The first-order valence-electron chi connectivity index (χ1n) is 13.2. The van der Waals surface area contributed by atoms with E-state index in [-0.39, 0.29) is 32.9 Å². The number of halogens is 4. The van der Waals surface area contributed by atoms with E-state index in [4.69, 9.17) is 0 Å². The molecule has 0 atom stereocenters. The molecule has 14 heteroatoms. The number of fused-ring (bicyclic) bond motifs is 2. The summed E-state index contributed by atoms with van der Waals surface area (Å²) in [7, 11) is -2.43. The normalized spacial score (nSPS) is 19.0. The van der Waals surface area contributed by atoms with Gasteiger partial charge in [0.1, 0.15) is 17.1 Å². The lowest BCUT2D eigenvalue weighted by Crippen LogP contribution is -2.32. The molecule has 2 aliphatic heterocycles. The smallest absolute Gasteiger partial charge is 0.340 e. The van der Waals surface area contributed by atoms with Crippen molar-refractivity contribution in [2.45, 2.75) is 42.8 Å². The Bertz CT molecular complexity index is 1640. The minimum Gasteiger partial charge on any atom is -0.340 e. The maximum Gasteiger partial charge on any atom is 0.420 e. The molecule has 1 N–H and O–H groups in total. The fourth-order valence-electron chi connectivity index (χ4n) is 5.31. The number of hydrogen-bond donors (Lipinski definition) is 1. The second-order valence-corrected chi connectivity index (χ2v) is 13.8. The Balaban J connectivity index is 1.41. The summed E-state index contributed by atoms with van der Waals surface area (Å²) in [6.07, 6.45) is -1.45. The Morgan fingerprint density at radius 3 is 2.63 bits per heavy atom. The molecule has 1 aromatic carbocycles. The zero-order chi connectivity index (χ0) is 29.1. The number of hydrogen-bond acceptors (Lipinski definition) is 8. The molecule has 1 aliphatic carbocycles. The number of carbonyl (C=O) groups excluding carboxylic acids is 1. The third-order valence-corrected chi connectivity index (χ3v) is 10.7. The highest BCUT2D eigenvalue weighted by Gasteiger charge is 2.38. The summed E-state index contributed by atoms with van der Waals surface area (Å²) >= 11 is 0.682. The number of nitrogens with one attached hydrogen (secondary N) is 1. The van der Waals surface area contributed by atoms with Crippen LogP contribution in [-0.2, 0) is 29.0 Å². The van der Waals surface area contributed by atoms with Crippen molar-refractivity contribution >= 4 is 38.7 Å². The van der Waals surface area contributed by atoms with E-state index in [1.54, 1.807) is 0 Å². The summed E-state index contributed by atoms with van der Waals surface area (Å²) in [5.74, 6) is -0.657. The summed E-state index contributed by atoms with van der Waals surface area (Å²) in [6, 6.07) is 5.18. The molecule has 2 aromatic heterocycles. The predicted molar refractivity (Wildman–Crippen MR) is 146 cm³/mol. The van der Waals surface area contributed by atoms with Crippen LogP contribution in [0.15, 0.2) is 29.3 Å². The molecule has 4 heterocycles. The molecule has 6 rings (SSSR count). The Labute approximate surface area is 238 Å². The topological polar surface area (TPSA) is 95.5 Å². The number of thiophene rings is 1. The molecule has 3 aliphatic rings. The van der Waals surface area contributed by atoms with Gasteiger partial charge in [0.05, 0.1) is 21.2 Å². The SMILES string of the molecule is CN1CCS(=O)(=O)c2cc(-c3nc(Nc4cc5c(cc4C4CC4)CN(CCF)CC5)ncc3C(F)(F)F)sc2C1=O. The van der Waals surface area contributed by atoms with Gasteiger partial charge in [0, 0.05) is 45.1 Å². The van der Waals surface area contributed by atoms with Crippen molar-refractivity contribution in [1.82, 2.24) is 19.8 Å². The maximum atomic E-state index is 14.1. The highest BCUT2D eigenvalue weighted by atomic mass is 32.2. The summed E-state index contributed by atoms with van der Waals surface area (Å²) in [5.41, 5.74) is 2.29. The Kier molecular flexibility index (Phi) is 7.05. The summed E-state index contributed by atoms with van der Waals surface area (Å²) in [5, 5.41) is 3.12. The van der Waals surface area contributed by atoms with Crippen LogP contribution >= 0.6 is 11.3 Å². The standard InChI is InChI=1S/C27H27F4N5O3S2/c1-35-8-9-41(38,39)22-12-21(40-24(22)25(35)37)23-19(27(29,30)31)13-32-26(34-23)33-20-11-16-4-6-36(7-5-28)14-17(16)10-18(20)15-2-3-15/h10-13,15H,2-9,14H2,1H3,(H,32,33,34). The molecule has 0 saturated heterocycles. The van der Waals surface area contributed by atoms with Gasteiger partial charge in [-0.3, -0.25) is 9.69 Å². The first-order valence-corrected chi connectivity index (χ1v) is 15.7. The number of amides is 1. The van der Waals surface area contributed by atoms with Crippen molar-refractivity contribution in [1.29, 1.82) is 0 Å². The molecule has 1 fully saturated rings. The molecular weight excluding hydrogens is 582 g/mol. The lowest BCUT2D eigenvalue weighted by Gasteiger charge is -2.29. The van der Waals surface area contributed by atoms with Crippen LogP contribution in [0, 0.1) is 0 Å². The van der Waals surface area contributed by atoms with Crippen LogP contribution in [0.5, 0.6) is 0 Å². The van der Waals surface area contributed by atoms with Gasteiger partial charge in [-0.25, -0.2) is 22.8 Å². The van der Waals surface area contributed by atoms with Gasteiger partial charge in [-0.1, -0.05) is 6.07 Å². The highest BCUT2D eigenvalue weighted by Crippen LogP contribution is 2.46. The van der Waals surface area contributed by atoms with E-state index in [2.05, 4.69) is 26.3 Å². The fourth-order valence-corrected chi connectivity index (χ4v) is 8.34. The van der Waals surface area contributed by atoms with Crippen molar-refractivity contribution in [3.05, 3.63) is 51.5 Å². The van der Waals surface area contributed by atoms with Crippen molar-refractivity contribution in [3.8, 4) is 10.6 Å². The van der Waals surface area contributed by atoms with Crippen molar-refractivity contribution < 1.29 is 30.8 Å². The predicted octanol–water partition coefficient (Wildman–Crippen LogP) is 5.03. The molecule has 3 aromatic rings. The second-order valence-electron chi connectivity index (χ2n) is 10.6. The van der Waals surface area contributed by atoms with Crippen LogP contribution in [0.25, 0.3) is 10.6 Å². The lowest BCUT2D eigenvalue weighted by molar-refractivity contribution is -0.137. The largest absolute Gasteiger partial charge is 0.420 e. The zero-order valence-electron chi connectivity index (χ0n) is 22.1. The number of benzene rings is 1.